The summed E-state index contributed by atoms with van der Waals surface area (Å²) in [6.45, 7) is 4.63. The van der Waals surface area contributed by atoms with Crippen LogP contribution >= 0.6 is 23.1 Å². The fourth-order valence-electron chi connectivity index (χ4n) is 2.43. The van der Waals surface area contributed by atoms with Gasteiger partial charge in [-0.1, -0.05) is 19.9 Å². The van der Waals surface area contributed by atoms with Crippen LogP contribution in [0.2, 0.25) is 0 Å². The van der Waals surface area contributed by atoms with Crippen molar-refractivity contribution in [1.29, 1.82) is 0 Å². The van der Waals surface area contributed by atoms with Crippen LogP contribution in [0.3, 0.4) is 0 Å². The molecule has 1 aliphatic heterocycles. The van der Waals surface area contributed by atoms with E-state index in [0.29, 0.717) is 12.5 Å². The number of hydrogen-bond acceptors (Lipinski definition) is 5. The summed E-state index contributed by atoms with van der Waals surface area (Å²) in [4.78, 5) is 12.9. The quantitative estimate of drug-likeness (QED) is 0.845. The van der Waals surface area contributed by atoms with Gasteiger partial charge in [0.25, 0.3) is 0 Å². The molecule has 20 heavy (non-hydrogen) atoms. The summed E-state index contributed by atoms with van der Waals surface area (Å²) in [5.41, 5.74) is 0.275. The average molecular weight is 313 g/mol. The van der Waals surface area contributed by atoms with Crippen LogP contribution in [-0.2, 0) is 9.53 Å². The van der Waals surface area contributed by atoms with E-state index < -0.39 is 0 Å². The molecule has 3 nitrogen and oxygen atoms in total. The van der Waals surface area contributed by atoms with E-state index in [-0.39, 0.29) is 17.4 Å². The summed E-state index contributed by atoms with van der Waals surface area (Å²) >= 11 is 3.69. The molecule has 1 fully saturated rings. The zero-order valence-corrected chi connectivity index (χ0v) is 14.0. The van der Waals surface area contributed by atoms with Gasteiger partial charge in [-0.3, -0.25) is 4.79 Å². The molecule has 2 unspecified atom stereocenters. The Bertz CT molecular complexity index is 431. The zero-order chi connectivity index (χ0) is 14.6. The monoisotopic (exact) mass is 313 g/mol. The molecule has 0 amide bonds. The van der Waals surface area contributed by atoms with Crippen LogP contribution in [-0.4, -0.2) is 30.6 Å². The minimum absolute atomic E-state index is 0.0606. The topological polar surface area (TPSA) is 38.3 Å². The van der Waals surface area contributed by atoms with Gasteiger partial charge >= 0.3 is 5.97 Å². The molecule has 0 bridgehead atoms. The van der Waals surface area contributed by atoms with Crippen LogP contribution in [0.25, 0.3) is 0 Å². The molecule has 0 aliphatic carbocycles. The predicted molar refractivity (Wildman–Crippen MR) is 86.3 cm³/mol. The van der Waals surface area contributed by atoms with Crippen molar-refractivity contribution in [3.05, 3.63) is 22.4 Å². The summed E-state index contributed by atoms with van der Waals surface area (Å²) in [5.74, 6) is 2.18. The number of hydrogen-bond donors (Lipinski definition) is 1. The number of carbonyl (C=O) groups is 1. The molecule has 1 N–H and O–H groups in total. The third-order valence-corrected chi connectivity index (χ3v) is 6.05. The Morgan fingerprint density at radius 3 is 3.00 bits per heavy atom. The van der Waals surface area contributed by atoms with Gasteiger partial charge in [-0.05, 0) is 29.0 Å². The predicted octanol–water partition coefficient (Wildman–Crippen LogP) is 3.47. The molecule has 5 heteroatoms. The van der Waals surface area contributed by atoms with Crippen LogP contribution in [0.5, 0.6) is 0 Å². The van der Waals surface area contributed by atoms with E-state index >= 15 is 0 Å². The first-order valence-electron chi connectivity index (χ1n) is 6.97. The number of nitrogens with one attached hydrogen (secondary N) is 1. The number of methoxy groups -OCH3 is 1. The Morgan fingerprint density at radius 1 is 1.60 bits per heavy atom. The van der Waals surface area contributed by atoms with E-state index in [1.165, 1.54) is 24.2 Å². The molecule has 0 spiro atoms. The molecule has 0 radical (unpaired) electrons. The van der Waals surface area contributed by atoms with Crippen LogP contribution in [0.15, 0.2) is 17.5 Å². The first-order chi connectivity index (χ1) is 9.53. The summed E-state index contributed by atoms with van der Waals surface area (Å²) < 4.78 is 4.84. The van der Waals surface area contributed by atoms with Crippen molar-refractivity contribution < 1.29 is 9.53 Å². The molecule has 1 aromatic rings. The number of carbonyl (C=O) groups excluding carboxylic acids is 1. The van der Waals surface area contributed by atoms with Gasteiger partial charge in [0.15, 0.2) is 0 Å². The maximum Gasteiger partial charge on any atom is 0.307 e. The van der Waals surface area contributed by atoms with Gasteiger partial charge in [0.2, 0.25) is 0 Å². The van der Waals surface area contributed by atoms with E-state index in [9.17, 15) is 4.79 Å². The van der Waals surface area contributed by atoms with Crippen molar-refractivity contribution >= 4 is 29.1 Å². The number of rotatable bonds is 5. The van der Waals surface area contributed by atoms with E-state index in [2.05, 4.69) is 30.6 Å². The number of thioether (sulfide) groups is 1. The van der Waals surface area contributed by atoms with Crippen LogP contribution in [0, 0.1) is 5.41 Å². The smallest absolute Gasteiger partial charge is 0.307 e. The number of esters is 1. The van der Waals surface area contributed by atoms with Crippen molar-refractivity contribution in [3.8, 4) is 0 Å². The van der Waals surface area contributed by atoms with Crippen molar-refractivity contribution in [2.24, 2.45) is 5.41 Å². The van der Waals surface area contributed by atoms with Gasteiger partial charge in [-0.15, -0.1) is 11.3 Å². The second-order valence-corrected chi connectivity index (χ2v) is 8.01. The lowest BCUT2D eigenvalue weighted by Gasteiger charge is -2.40. The Morgan fingerprint density at radius 2 is 2.40 bits per heavy atom. The number of thiophene rings is 1. The molecule has 1 saturated heterocycles. The Kier molecular flexibility index (Phi) is 5.52. The first-order valence-corrected chi connectivity index (χ1v) is 9.00. The highest BCUT2D eigenvalue weighted by molar-refractivity contribution is 7.99. The highest BCUT2D eigenvalue weighted by atomic mass is 32.2. The fourth-order valence-corrected chi connectivity index (χ4v) is 4.84. The SMILES string of the molecule is COC(=O)CC(NC1CSCCC1(C)C)c1cccs1. The lowest BCUT2D eigenvalue weighted by atomic mass is 9.81. The summed E-state index contributed by atoms with van der Waals surface area (Å²) in [6, 6.07) is 4.62. The van der Waals surface area contributed by atoms with Crippen LogP contribution in [0.4, 0.5) is 0 Å². The van der Waals surface area contributed by atoms with Crippen molar-refractivity contribution in [2.45, 2.75) is 38.8 Å². The molecular formula is C15H23NO2S2. The van der Waals surface area contributed by atoms with Gasteiger partial charge < -0.3 is 10.1 Å². The Balaban J connectivity index is 2.09. The molecule has 112 valence electrons. The van der Waals surface area contributed by atoms with Crippen molar-refractivity contribution in [1.82, 2.24) is 5.32 Å². The second-order valence-electron chi connectivity index (χ2n) is 5.88. The maximum absolute atomic E-state index is 11.7. The molecule has 0 saturated carbocycles. The molecule has 2 heterocycles. The Hall–Kier alpha value is -0.520. The van der Waals surface area contributed by atoms with Crippen molar-refractivity contribution in [2.75, 3.05) is 18.6 Å². The highest BCUT2D eigenvalue weighted by Gasteiger charge is 2.34. The van der Waals surface area contributed by atoms with E-state index in [1.807, 2.05) is 17.8 Å². The van der Waals surface area contributed by atoms with E-state index in [1.54, 1.807) is 11.3 Å². The summed E-state index contributed by atoms with van der Waals surface area (Å²) in [7, 11) is 1.45. The van der Waals surface area contributed by atoms with Crippen molar-refractivity contribution in [3.63, 3.8) is 0 Å². The van der Waals surface area contributed by atoms with Gasteiger partial charge in [0.05, 0.1) is 19.6 Å². The van der Waals surface area contributed by atoms with Gasteiger partial charge in [0, 0.05) is 16.7 Å². The lowest BCUT2D eigenvalue weighted by molar-refractivity contribution is -0.141. The van der Waals surface area contributed by atoms with E-state index in [4.69, 9.17) is 4.74 Å². The lowest BCUT2D eigenvalue weighted by Crippen LogP contribution is -2.48. The van der Waals surface area contributed by atoms with Crippen LogP contribution in [0.1, 0.15) is 37.6 Å². The fraction of sp³-hybridized carbons (Fsp3) is 0.667. The van der Waals surface area contributed by atoms with Gasteiger partial charge in [-0.2, -0.15) is 11.8 Å². The molecule has 0 aromatic carbocycles. The number of ether oxygens (including phenoxy) is 1. The third-order valence-electron chi connectivity index (χ3n) is 4.01. The molecule has 2 atom stereocenters. The van der Waals surface area contributed by atoms with Crippen LogP contribution < -0.4 is 5.32 Å². The standard InChI is InChI=1S/C15H23NO2S2/c1-15(2)6-8-19-10-13(15)16-11(9-14(17)18-3)12-5-4-7-20-12/h4-5,7,11,13,16H,6,8-10H2,1-3H3. The zero-order valence-electron chi connectivity index (χ0n) is 12.3. The maximum atomic E-state index is 11.7. The third kappa shape index (κ3) is 3.99. The summed E-state index contributed by atoms with van der Waals surface area (Å²) in [6.07, 6.45) is 1.61. The van der Waals surface area contributed by atoms with Gasteiger partial charge in [-0.25, -0.2) is 0 Å². The van der Waals surface area contributed by atoms with E-state index in [0.717, 1.165) is 5.75 Å². The molecule has 2 rings (SSSR count). The molecule has 1 aromatic heterocycles. The minimum atomic E-state index is -0.155. The highest BCUT2D eigenvalue weighted by Crippen LogP contribution is 2.36. The minimum Gasteiger partial charge on any atom is -0.469 e. The molecule has 1 aliphatic rings. The Labute approximate surface area is 129 Å². The normalized spacial score (nSPS) is 23.2. The van der Waals surface area contributed by atoms with Gasteiger partial charge in [0.1, 0.15) is 0 Å². The largest absolute Gasteiger partial charge is 0.469 e. The molecular weight excluding hydrogens is 290 g/mol. The second kappa shape index (κ2) is 6.96. The summed E-state index contributed by atoms with van der Waals surface area (Å²) in [5, 5.41) is 5.76. The average Bonchev–Trinajstić information content (AvgIpc) is 2.93. The first kappa shape index (κ1) is 15.9.